The monoisotopic (exact) mass is 620 g/mol. The maximum Gasteiger partial charge on any atom is 0.186 e. The van der Waals surface area contributed by atoms with Gasteiger partial charge in [-0.15, -0.1) is 0 Å². The Morgan fingerprint density at radius 2 is 1.52 bits per heavy atom. The summed E-state index contributed by atoms with van der Waals surface area (Å²) in [6.07, 6.45) is 3.91. The summed E-state index contributed by atoms with van der Waals surface area (Å²) < 4.78 is 12.2. The molecule has 6 rings (SSSR count). The maximum atomic E-state index is 11.9. The fourth-order valence-electron chi connectivity index (χ4n) is 12.3. The molecular weight excluding hydrogens is 560 g/mol. The smallest absolute Gasteiger partial charge is 0.186 e. The van der Waals surface area contributed by atoms with Gasteiger partial charge in [-0.25, -0.2) is 0 Å². The van der Waals surface area contributed by atoms with Gasteiger partial charge in [0.25, 0.3) is 0 Å². The van der Waals surface area contributed by atoms with Crippen LogP contribution in [-0.2, 0) is 9.47 Å². The van der Waals surface area contributed by atoms with Crippen LogP contribution < -0.4 is 0 Å². The molecule has 5 fully saturated rings. The van der Waals surface area contributed by atoms with E-state index in [0.717, 1.165) is 51.4 Å². The summed E-state index contributed by atoms with van der Waals surface area (Å²) in [6, 6.07) is 0. The van der Waals surface area contributed by atoms with E-state index < -0.39 is 48.8 Å². The lowest BCUT2D eigenvalue weighted by molar-refractivity contribution is -0.330. The number of hydrogen-bond acceptors (Lipinski definition) is 8. The van der Waals surface area contributed by atoms with Crippen molar-refractivity contribution >= 4 is 0 Å². The Bertz CT molecular complexity index is 1140. The predicted molar refractivity (Wildman–Crippen MR) is 166 cm³/mol. The number of rotatable bonds is 4. The van der Waals surface area contributed by atoms with Gasteiger partial charge in [0.05, 0.1) is 25.4 Å². The van der Waals surface area contributed by atoms with Crippen molar-refractivity contribution in [3.8, 4) is 0 Å². The van der Waals surface area contributed by atoms with Gasteiger partial charge < -0.3 is 40.1 Å². The van der Waals surface area contributed by atoms with Crippen LogP contribution in [0.5, 0.6) is 0 Å². The normalized spacial score (nSPS) is 54.7. The SMILES string of the molecule is CC1(C)CC[C@]2(CO)[C@@H](O)C[C@]3(C)C(=CC[C@H]4[C@@]5(C)CC[C@H](O[C@@H]6O[C@H](CO)[C@@H](O)[C@H](O)[C@H]6O)C(C)(C)[C@H]5CC[C@]43C)[C@@H]2C1. The molecule has 0 radical (unpaired) electrons. The lowest BCUT2D eigenvalue weighted by Crippen LogP contribution is -2.67. The van der Waals surface area contributed by atoms with Gasteiger partial charge in [-0.2, -0.15) is 0 Å². The fraction of sp³-hybridized carbons (Fsp3) is 0.944. The molecule has 0 bridgehead atoms. The van der Waals surface area contributed by atoms with Gasteiger partial charge in [-0.3, -0.25) is 0 Å². The molecule has 5 aliphatic carbocycles. The Balaban J connectivity index is 1.30. The summed E-state index contributed by atoms with van der Waals surface area (Å²) in [7, 11) is 0. The van der Waals surface area contributed by atoms with E-state index in [0.29, 0.717) is 18.3 Å². The molecule has 1 aliphatic heterocycles. The van der Waals surface area contributed by atoms with Crippen LogP contribution in [-0.4, -0.2) is 86.8 Å². The standard InChI is InChI=1S/C36H60O8/c1-31(2)14-15-36(19-38)21(16-31)20-8-9-24-33(5)12-11-26(44-30-29(42)28(41)27(40)22(18-37)43-30)32(3,4)23(33)10-13-34(24,6)35(20,7)17-25(36)39/h8,21-30,37-42H,9-19H2,1-7H3/t21-,22+,23+,24-,25-,26-,27+,28-,29+,30-,33-,34+,35+,36+/m0/s1. The van der Waals surface area contributed by atoms with Crippen molar-refractivity contribution in [3.05, 3.63) is 11.6 Å². The first-order valence-electron chi connectivity index (χ1n) is 17.4. The van der Waals surface area contributed by atoms with E-state index in [1.807, 2.05) is 0 Å². The van der Waals surface area contributed by atoms with E-state index in [4.69, 9.17) is 9.47 Å². The lowest BCUT2D eigenvalue weighted by Gasteiger charge is -2.72. The Morgan fingerprint density at radius 1 is 0.818 bits per heavy atom. The van der Waals surface area contributed by atoms with Gasteiger partial charge in [-0.1, -0.05) is 60.1 Å². The first-order valence-corrected chi connectivity index (χ1v) is 17.4. The number of ether oxygens (including phenoxy) is 2. The summed E-state index contributed by atoms with van der Waals surface area (Å²) in [5.74, 6) is 0.988. The number of aliphatic hydroxyl groups is 6. The fourth-order valence-corrected chi connectivity index (χ4v) is 12.3. The second-order valence-electron chi connectivity index (χ2n) is 18.0. The highest BCUT2D eigenvalue weighted by Crippen LogP contribution is 2.75. The number of fused-ring (bicyclic) bond motifs is 7. The molecular formula is C36H60O8. The summed E-state index contributed by atoms with van der Waals surface area (Å²) in [5.41, 5.74) is 0.911. The van der Waals surface area contributed by atoms with Crippen molar-refractivity contribution in [2.45, 2.75) is 149 Å². The minimum atomic E-state index is -1.45. The van der Waals surface area contributed by atoms with E-state index >= 15 is 0 Å². The zero-order valence-electron chi connectivity index (χ0n) is 28.1. The van der Waals surface area contributed by atoms with Gasteiger partial charge in [0.1, 0.15) is 24.4 Å². The largest absolute Gasteiger partial charge is 0.396 e. The van der Waals surface area contributed by atoms with E-state index in [9.17, 15) is 30.6 Å². The molecule has 4 saturated carbocycles. The van der Waals surface area contributed by atoms with E-state index in [1.165, 1.54) is 5.57 Å². The van der Waals surface area contributed by atoms with Crippen LogP contribution in [0.25, 0.3) is 0 Å². The first-order chi connectivity index (χ1) is 20.4. The molecule has 0 unspecified atom stereocenters. The maximum absolute atomic E-state index is 11.9. The molecule has 1 heterocycles. The third-order valence-corrected chi connectivity index (χ3v) is 15.3. The van der Waals surface area contributed by atoms with Crippen LogP contribution >= 0.6 is 0 Å². The second kappa shape index (κ2) is 10.7. The van der Waals surface area contributed by atoms with Crippen LogP contribution in [0.4, 0.5) is 0 Å². The average molecular weight is 621 g/mol. The predicted octanol–water partition coefficient (Wildman–Crippen LogP) is 3.94. The van der Waals surface area contributed by atoms with Crippen LogP contribution in [0.1, 0.15) is 106 Å². The van der Waals surface area contributed by atoms with Crippen molar-refractivity contribution in [3.63, 3.8) is 0 Å². The second-order valence-corrected chi connectivity index (χ2v) is 18.0. The molecule has 252 valence electrons. The third-order valence-electron chi connectivity index (χ3n) is 15.3. The Kier molecular flexibility index (Phi) is 8.11. The highest BCUT2D eigenvalue weighted by atomic mass is 16.7. The molecule has 6 aliphatic rings. The first kappa shape index (κ1) is 33.3. The summed E-state index contributed by atoms with van der Waals surface area (Å²) in [5, 5.41) is 63.7. The van der Waals surface area contributed by atoms with Crippen molar-refractivity contribution in [2.24, 2.45) is 50.2 Å². The summed E-state index contributed by atoms with van der Waals surface area (Å²) in [6.45, 7) is 16.2. The van der Waals surface area contributed by atoms with Crippen LogP contribution in [0.2, 0.25) is 0 Å². The van der Waals surface area contributed by atoms with Crippen molar-refractivity contribution in [2.75, 3.05) is 13.2 Å². The van der Waals surface area contributed by atoms with E-state index in [2.05, 4.69) is 54.5 Å². The highest BCUT2D eigenvalue weighted by molar-refractivity contribution is 5.35. The Hall–Kier alpha value is -0.580. The Labute approximate surface area is 264 Å². The average Bonchev–Trinajstić information content (AvgIpc) is 2.95. The zero-order valence-corrected chi connectivity index (χ0v) is 28.1. The van der Waals surface area contributed by atoms with E-state index in [1.54, 1.807) is 0 Å². The molecule has 0 aromatic carbocycles. The molecule has 8 nitrogen and oxygen atoms in total. The molecule has 8 heteroatoms. The van der Waals surface area contributed by atoms with Crippen LogP contribution in [0, 0.1) is 50.2 Å². The number of allylic oxidation sites excluding steroid dienone is 2. The van der Waals surface area contributed by atoms with Crippen molar-refractivity contribution in [1.29, 1.82) is 0 Å². The third kappa shape index (κ3) is 4.44. The van der Waals surface area contributed by atoms with Crippen LogP contribution in [0.3, 0.4) is 0 Å². The molecule has 0 amide bonds. The molecule has 14 atom stereocenters. The topological polar surface area (TPSA) is 140 Å². The zero-order chi connectivity index (χ0) is 32.3. The van der Waals surface area contributed by atoms with Gasteiger partial charge in [0.2, 0.25) is 0 Å². The van der Waals surface area contributed by atoms with Gasteiger partial charge >= 0.3 is 0 Å². The minimum Gasteiger partial charge on any atom is -0.396 e. The van der Waals surface area contributed by atoms with E-state index in [-0.39, 0.29) is 45.7 Å². The van der Waals surface area contributed by atoms with Gasteiger partial charge in [-0.05, 0) is 103 Å². The number of hydrogen-bond donors (Lipinski definition) is 6. The molecule has 6 N–H and O–H groups in total. The molecule has 0 aromatic rings. The van der Waals surface area contributed by atoms with Crippen molar-refractivity contribution in [1.82, 2.24) is 0 Å². The van der Waals surface area contributed by atoms with Crippen LogP contribution in [0.15, 0.2) is 11.6 Å². The lowest BCUT2D eigenvalue weighted by atomic mass is 9.33. The molecule has 1 saturated heterocycles. The number of aliphatic hydroxyl groups excluding tert-OH is 6. The molecule has 44 heavy (non-hydrogen) atoms. The summed E-state index contributed by atoms with van der Waals surface area (Å²) in [4.78, 5) is 0. The quantitative estimate of drug-likeness (QED) is 0.205. The highest BCUT2D eigenvalue weighted by Gasteiger charge is 2.70. The minimum absolute atomic E-state index is 0.00750. The Morgan fingerprint density at radius 3 is 2.18 bits per heavy atom. The van der Waals surface area contributed by atoms with Gasteiger partial charge in [0.15, 0.2) is 6.29 Å². The molecule has 0 spiro atoms. The molecule has 0 aromatic heterocycles. The van der Waals surface area contributed by atoms with Gasteiger partial charge in [0, 0.05) is 5.41 Å². The summed E-state index contributed by atoms with van der Waals surface area (Å²) >= 11 is 0. The van der Waals surface area contributed by atoms with Crippen molar-refractivity contribution < 1.29 is 40.1 Å².